The van der Waals surface area contributed by atoms with Crippen molar-refractivity contribution < 1.29 is 4.39 Å². The molecule has 2 N–H and O–H groups in total. The lowest BCUT2D eigenvalue weighted by Crippen LogP contribution is -2.13. The Kier molecular flexibility index (Phi) is 3.50. The predicted octanol–water partition coefficient (Wildman–Crippen LogP) is 1.63. The van der Waals surface area contributed by atoms with Gasteiger partial charge >= 0.3 is 0 Å². The molecule has 2 heterocycles. The molecule has 3 nitrogen and oxygen atoms in total. The molecule has 0 saturated carbocycles. The SMILES string of the molecule is Fc1ccc(NCCC2CCNC2)nc1. The number of halogens is 1. The highest BCUT2D eigenvalue weighted by Crippen LogP contribution is 2.12. The van der Waals surface area contributed by atoms with Crippen molar-refractivity contribution in [2.24, 2.45) is 5.92 Å². The molecule has 0 amide bonds. The molecular weight excluding hydrogens is 193 g/mol. The second-order valence-electron chi connectivity index (χ2n) is 3.94. The summed E-state index contributed by atoms with van der Waals surface area (Å²) in [6.07, 6.45) is 3.64. The number of hydrogen-bond acceptors (Lipinski definition) is 3. The molecule has 1 fully saturated rings. The molecule has 2 rings (SSSR count). The van der Waals surface area contributed by atoms with Crippen LogP contribution in [0.3, 0.4) is 0 Å². The maximum absolute atomic E-state index is 12.6. The molecule has 0 radical (unpaired) electrons. The van der Waals surface area contributed by atoms with E-state index in [0.29, 0.717) is 0 Å². The first-order valence-electron chi connectivity index (χ1n) is 5.41. The molecule has 0 aliphatic carbocycles. The molecule has 1 aliphatic rings. The zero-order valence-corrected chi connectivity index (χ0v) is 8.67. The zero-order chi connectivity index (χ0) is 10.5. The fourth-order valence-corrected chi connectivity index (χ4v) is 1.85. The Morgan fingerprint density at radius 1 is 1.53 bits per heavy atom. The summed E-state index contributed by atoms with van der Waals surface area (Å²) >= 11 is 0. The molecular formula is C11H16FN3. The normalized spacial score (nSPS) is 20.5. The minimum Gasteiger partial charge on any atom is -0.370 e. The standard InChI is InChI=1S/C11H16FN3/c12-10-1-2-11(15-8-10)14-6-4-9-3-5-13-7-9/h1-2,8-9,13H,3-7H2,(H,14,15). The van der Waals surface area contributed by atoms with E-state index in [9.17, 15) is 4.39 Å². The summed E-state index contributed by atoms with van der Waals surface area (Å²) in [5.74, 6) is 1.24. The fraction of sp³-hybridized carbons (Fsp3) is 0.545. The van der Waals surface area contributed by atoms with Gasteiger partial charge in [-0.3, -0.25) is 0 Å². The monoisotopic (exact) mass is 209 g/mol. The summed E-state index contributed by atoms with van der Waals surface area (Å²) in [6, 6.07) is 3.09. The van der Waals surface area contributed by atoms with Gasteiger partial charge in [0.05, 0.1) is 6.20 Å². The van der Waals surface area contributed by atoms with Gasteiger partial charge in [0, 0.05) is 6.54 Å². The van der Waals surface area contributed by atoms with Crippen LogP contribution >= 0.6 is 0 Å². The van der Waals surface area contributed by atoms with Gasteiger partial charge in [0.25, 0.3) is 0 Å². The van der Waals surface area contributed by atoms with Crippen LogP contribution in [0.1, 0.15) is 12.8 Å². The van der Waals surface area contributed by atoms with Crippen LogP contribution in [-0.2, 0) is 0 Å². The van der Waals surface area contributed by atoms with E-state index in [1.54, 1.807) is 6.07 Å². The summed E-state index contributed by atoms with van der Waals surface area (Å²) in [5.41, 5.74) is 0. The molecule has 15 heavy (non-hydrogen) atoms. The van der Waals surface area contributed by atoms with Crippen LogP contribution < -0.4 is 10.6 Å². The lowest BCUT2D eigenvalue weighted by molar-refractivity contribution is 0.548. The molecule has 1 saturated heterocycles. The van der Waals surface area contributed by atoms with Crippen molar-refractivity contribution >= 4 is 5.82 Å². The number of nitrogens with zero attached hydrogens (tertiary/aromatic N) is 1. The average Bonchev–Trinajstić information content (AvgIpc) is 2.74. The van der Waals surface area contributed by atoms with Gasteiger partial charge in [-0.15, -0.1) is 0 Å². The Morgan fingerprint density at radius 3 is 3.13 bits per heavy atom. The lowest BCUT2D eigenvalue weighted by Gasteiger charge is -2.09. The second-order valence-corrected chi connectivity index (χ2v) is 3.94. The summed E-state index contributed by atoms with van der Waals surface area (Å²) < 4.78 is 12.6. The fourth-order valence-electron chi connectivity index (χ4n) is 1.85. The zero-order valence-electron chi connectivity index (χ0n) is 8.67. The summed E-state index contributed by atoms with van der Waals surface area (Å²) in [4.78, 5) is 3.94. The van der Waals surface area contributed by atoms with E-state index in [1.165, 1.54) is 18.7 Å². The second kappa shape index (κ2) is 5.07. The van der Waals surface area contributed by atoms with E-state index in [1.807, 2.05) is 0 Å². The van der Waals surface area contributed by atoms with Crippen molar-refractivity contribution in [2.75, 3.05) is 25.0 Å². The smallest absolute Gasteiger partial charge is 0.141 e. The van der Waals surface area contributed by atoms with E-state index in [2.05, 4.69) is 15.6 Å². The summed E-state index contributed by atoms with van der Waals surface area (Å²) in [5, 5.41) is 6.53. The van der Waals surface area contributed by atoms with Crippen molar-refractivity contribution in [3.05, 3.63) is 24.1 Å². The minimum absolute atomic E-state index is 0.291. The molecule has 0 bridgehead atoms. The van der Waals surface area contributed by atoms with Gasteiger partial charge in [-0.05, 0) is 44.0 Å². The Labute approximate surface area is 89.1 Å². The largest absolute Gasteiger partial charge is 0.370 e. The third-order valence-corrected chi connectivity index (χ3v) is 2.75. The van der Waals surface area contributed by atoms with Gasteiger partial charge in [0.2, 0.25) is 0 Å². The minimum atomic E-state index is -0.291. The van der Waals surface area contributed by atoms with E-state index < -0.39 is 0 Å². The van der Waals surface area contributed by atoms with E-state index in [4.69, 9.17) is 0 Å². The van der Waals surface area contributed by atoms with Gasteiger partial charge in [0.1, 0.15) is 11.6 Å². The number of rotatable bonds is 4. The summed E-state index contributed by atoms with van der Waals surface area (Å²) in [7, 11) is 0. The molecule has 1 atom stereocenters. The van der Waals surface area contributed by atoms with E-state index in [0.717, 1.165) is 37.8 Å². The highest BCUT2D eigenvalue weighted by molar-refractivity contribution is 5.33. The Bertz CT molecular complexity index is 293. The molecule has 1 unspecified atom stereocenters. The predicted molar refractivity (Wildman–Crippen MR) is 58.3 cm³/mol. The Morgan fingerprint density at radius 2 is 2.47 bits per heavy atom. The van der Waals surface area contributed by atoms with E-state index in [-0.39, 0.29) is 5.82 Å². The molecule has 1 aromatic rings. The van der Waals surface area contributed by atoms with Gasteiger partial charge in [-0.1, -0.05) is 0 Å². The highest BCUT2D eigenvalue weighted by Gasteiger charge is 2.13. The quantitative estimate of drug-likeness (QED) is 0.791. The van der Waals surface area contributed by atoms with Crippen molar-refractivity contribution in [1.82, 2.24) is 10.3 Å². The van der Waals surface area contributed by atoms with Crippen LogP contribution in [0.5, 0.6) is 0 Å². The van der Waals surface area contributed by atoms with Crippen molar-refractivity contribution in [3.8, 4) is 0 Å². The highest BCUT2D eigenvalue weighted by atomic mass is 19.1. The van der Waals surface area contributed by atoms with Crippen LogP contribution in [0.2, 0.25) is 0 Å². The molecule has 1 aliphatic heterocycles. The maximum Gasteiger partial charge on any atom is 0.141 e. The average molecular weight is 209 g/mol. The summed E-state index contributed by atoms with van der Waals surface area (Å²) in [6.45, 7) is 3.17. The molecule has 4 heteroatoms. The third-order valence-electron chi connectivity index (χ3n) is 2.75. The van der Waals surface area contributed by atoms with Gasteiger partial charge < -0.3 is 10.6 Å². The lowest BCUT2D eigenvalue weighted by atomic mass is 10.1. The first-order valence-corrected chi connectivity index (χ1v) is 5.41. The van der Waals surface area contributed by atoms with Gasteiger partial charge in [-0.2, -0.15) is 0 Å². The number of pyridine rings is 1. The van der Waals surface area contributed by atoms with E-state index >= 15 is 0 Å². The molecule has 82 valence electrons. The van der Waals surface area contributed by atoms with Crippen molar-refractivity contribution in [2.45, 2.75) is 12.8 Å². The number of hydrogen-bond donors (Lipinski definition) is 2. The van der Waals surface area contributed by atoms with Gasteiger partial charge in [0.15, 0.2) is 0 Å². The third kappa shape index (κ3) is 3.16. The van der Waals surface area contributed by atoms with Crippen LogP contribution in [0, 0.1) is 11.7 Å². The molecule has 1 aromatic heterocycles. The van der Waals surface area contributed by atoms with Crippen LogP contribution in [-0.4, -0.2) is 24.6 Å². The maximum atomic E-state index is 12.6. The Hall–Kier alpha value is -1.16. The first-order chi connectivity index (χ1) is 7.34. The number of nitrogens with one attached hydrogen (secondary N) is 2. The van der Waals surface area contributed by atoms with Crippen LogP contribution in [0.15, 0.2) is 18.3 Å². The topological polar surface area (TPSA) is 37.0 Å². The first kappa shape index (κ1) is 10.4. The van der Waals surface area contributed by atoms with Crippen LogP contribution in [0.4, 0.5) is 10.2 Å². The van der Waals surface area contributed by atoms with Crippen molar-refractivity contribution in [1.29, 1.82) is 0 Å². The van der Waals surface area contributed by atoms with Crippen LogP contribution in [0.25, 0.3) is 0 Å². The van der Waals surface area contributed by atoms with Gasteiger partial charge in [-0.25, -0.2) is 9.37 Å². The number of anilines is 1. The van der Waals surface area contributed by atoms with Crippen molar-refractivity contribution in [3.63, 3.8) is 0 Å². The Balaban J connectivity index is 1.71. The molecule has 0 aromatic carbocycles. The molecule has 0 spiro atoms. The number of aromatic nitrogens is 1.